The summed E-state index contributed by atoms with van der Waals surface area (Å²) in [4.78, 5) is 42.1. The molecule has 35 heavy (non-hydrogen) atoms. The number of rotatable bonds is 8. The zero-order chi connectivity index (χ0) is 24.6. The molecule has 5 atom stereocenters. The van der Waals surface area contributed by atoms with Crippen molar-refractivity contribution >= 4 is 29.1 Å². The molecule has 3 heterocycles. The minimum Gasteiger partial charge on any atom is -0.497 e. The second kappa shape index (κ2) is 9.31. The number of nitrogens with one attached hydrogen (secondary N) is 2. The standard InChI is InChI=1S/C26H29N3O6/c1-34-18-10-8-17(9-11-18)28-24(32)22-26-13-12-19(35-26)20(21(26)25(33)29(22)14-5-15-30)23(31)27-16-6-3-2-4-7-16/h2-4,6-11,19-22,30H,5,12-15H2,1H3,(H,27,31)(H,28,32)/t19-,20+,21-,22?,26?/m0/s1. The number of aliphatic hydroxyl groups excluding tert-OH is 1. The number of ether oxygens (including phenoxy) is 2. The molecule has 3 N–H and O–H groups in total. The largest absolute Gasteiger partial charge is 0.497 e. The molecule has 5 rings (SSSR count). The van der Waals surface area contributed by atoms with Gasteiger partial charge in [-0.2, -0.15) is 0 Å². The number of anilines is 2. The third-order valence-electron chi connectivity index (χ3n) is 7.31. The van der Waals surface area contributed by atoms with E-state index in [0.29, 0.717) is 36.4 Å². The van der Waals surface area contributed by atoms with Gasteiger partial charge in [-0.15, -0.1) is 0 Å². The van der Waals surface area contributed by atoms with E-state index in [4.69, 9.17) is 9.47 Å². The lowest BCUT2D eigenvalue weighted by Gasteiger charge is -2.33. The summed E-state index contributed by atoms with van der Waals surface area (Å²) in [5.41, 5.74) is 0.133. The molecule has 0 aliphatic carbocycles. The van der Waals surface area contributed by atoms with E-state index in [2.05, 4.69) is 10.6 Å². The Balaban J connectivity index is 1.43. The lowest BCUT2D eigenvalue weighted by molar-refractivity contribution is -0.139. The molecular formula is C26H29N3O6. The van der Waals surface area contributed by atoms with Crippen molar-refractivity contribution in [3.05, 3.63) is 54.6 Å². The number of methoxy groups -OCH3 is 1. The number of carbonyl (C=O) groups excluding carboxylic acids is 3. The first-order chi connectivity index (χ1) is 17.0. The molecule has 0 aromatic heterocycles. The molecule has 3 aliphatic rings. The average molecular weight is 480 g/mol. The van der Waals surface area contributed by atoms with Gasteiger partial charge < -0.3 is 30.1 Å². The van der Waals surface area contributed by atoms with Gasteiger partial charge in [-0.05, 0) is 55.7 Å². The average Bonchev–Trinajstić information content (AvgIpc) is 3.51. The van der Waals surface area contributed by atoms with E-state index >= 15 is 0 Å². The molecule has 2 bridgehead atoms. The van der Waals surface area contributed by atoms with Crippen LogP contribution >= 0.6 is 0 Å². The molecule has 3 amide bonds. The van der Waals surface area contributed by atoms with Crippen LogP contribution in [0.5, 0.6) is 5.75 Å². The maximum Gasteiger partial charge on any atom is 0.250 e. The summed E-state index contributed by atoms with van der Waals surface area (Å²) in [6, 6.07) is 15.1. The normalized spacial score (nSPS) is 28.6. The maximum absolute atomic E-state index is 13.7. The summed E-state index contributed by atoms with van der Waals surface area (Å²) in [5, 5.41) is 15.2. The van der Waals surface area contributed by atoms with Gasteiger partial charge in [-0.1, -0.05) is 18.2 Å². The van der Waals surface area contributed by atoms with Crippen molar-refractivity contribution in [1.82, 2.24) is 4.90 Å². The fourth-order valence-corrected chi connectivity index (χ4v) is 5.87. The first kappa shape index (κ1) is 23.3. The monoisotopic (exact) mass is 479 g/mol. The smallest absolute Gasteiger partial charge is 0.250 e. The topological polar surface area (TPSA) is 117 Å². The van der Waals surface area contributed by atoms with E-state index in [1.807, 2.05) is 18.2 Å². The van der Waals surface area contributed by atoms with E-state index in [0.717, 1.165) is 0 Å². The van der Waals surface area contributed by atoms with E-state index in [1.54, 1.807) is 43.5 Å². The number of para-hydroxylation sites is 1. The summed E-state index contributed by atoms with van der Waals surface area (Å²) < 4.78 is 11.6. The van der Waals surface area contributed by atoms with Crippen LogP contribution in [0.3, 0.4) is 0 Å². The van der Waals surface area contributed by atoms with Crippen LogP contribution in [0, 0.1) is 11.8 Å². The molecule has 2 aromatic carbocycles. The second-order valence-electron chi connectivity index (χ2n) is 9.24. The number of nitrogens with zero attached hydrogens (tertiary/aromatic N) is 1. The predicted molar refractivity (Wildman–Crippen MR) is 128 cm³/mol. The number of hydrogen-bond acceptors (Lipinski definition) is 6. The van der Waals surface area contributed by atoms with Gasteiger partial charge in [0.05, 0.1) is 25.0 Å². The molecule has 0 radical (unpaired) electrons. The summed E-state index contributed by atoms with van der Waals surface area (Å²) in [5.74, 6) is -1.70. The van der Waals surface area contributed by atoms with Crippen molar-refractivity contribution in [1.29, 1.82) is 0 Å². The zero-order valence-corrected chi connectivity index (χ0v) is 19.5. The van der Waals surface area contributed by atoms with Gasteiger partial charge in [0.2, 0.25) is 17.7 Å². The van der Waals surface area contributed by atoms with Crippen molar-refractivity contribution in [3.8, 4) is 5.75 Å². The Bertz CT molecular complexity index is 1110. The van der Waals surface area contributed by atoms with Crippen LogP contribution < -0.4 is 15.4 Å². The number of amides is 3. The Hall–Kier alpha value is -3.43. The fourth-order valence-electron chi connectivity index (χ4n) is 5.87. The summed E-state index contributed by atoms with van der Waals surface area (Å²) in [6.45, 7) is 0.0883. The fraction of sp³-hybridized carbons (Fsp3) is 0.423. The minimum absolute atomic E-state index is 0.115. The first-order valence-electron chi connectivity index (χ1n) is 11.9. The van der Waals surface area contributed by atoms with Gasteiger partial charge in [0.15, 0.2) is 0 Å². The van der Waals surface area contributed by atoms with Gasteiger partial charge in [0, 0.05) is 24.5 Å². The molecule has 9 heteroatoms. The van der Waals surface area contributed by atoms with Gasteiger partial charge >= 0.3 is 0 Å². The van der Waals surface area contributed by atoms with Crippen LogP contribution in [0.4, 0.5) is 11.4 Å². The zero-order valence-electron chi connectivity index (χ0n) is 19.5. The Labute approximate surface area is 203 Å². The third kappa shape index (κ3) is 3.94. The molecule has 2 unspecified atom stereocenters. The second-order valence-corrected chi connectivity index (χ2v) is 9.24. The molecule has 3 aliphatic heterocycles. The lowest BCUT2D eigenvalue weighted by Crippen LogP contribution is -2.53. The van der Waals surface area contributed by atoms with Crippen LogP contribution in [-0.2, 0) is 19.1 Å². The van der Waals surface area contributed by atoms with Crippen LogP contribution in [0.1, 0.15) is 19.3 Å². The third-order valence-corrected chi connectivity index (χ3v) is 7.31. The van der Waals surface area contributed by atoms with E-state index in [9.17, 15) is 19.5 Å². The Morgan fingerprint density at radius 3 is 2.46 bits per heavy atom. The molecule has 3 fully saturated rings. The van der Waals surface area contributed by atoms with Crippen molar-refractivity contribution < 1.29 is 29.0 Å². The van der Waals surface area contributed by atoms with Crippen molar-refractivity contribution in [2.75, 3.05) is 30.9 Å². The predicted octanol–water partition coefficient (Wildman–Crippen LogP) is 2.03. The Morgan fingerprint density at radius 2 is 1.77 bits per heavy atom. The molecule has 1 spiro atoms. The van der Waals surface area contributed by atoms with Crippen molar-refractivity contribution in [3.63, 3.8) is 0 Å². The van der Waals surface area contributed by atoms with Crippen LogP contribution in [0.25, 0.3) is 0 Å². The number of fused-ring (bicyclic) bond motifs is 1. The number of carbonyl (C=O) groups is 3. The Morgan fingerprint density at radius 1 is 1.09 bits per heavy atom. The number of hydrogen-bond donors (Lipinski definition) is 3. The molecule has 184 valence electrons. The molecular weight excluding hydrogens is 450 g/mol. The highest BCUT2D eigenvalue weighted by Gasteiger charge is 2.74. The van der Waals surface area contributed by atoms with Gasteiger partial charge in [0.1, 0.15) is 17.4 Å². The molecule has 9 nitrogen and oxygen atoms in total. The van der Waals surface area contributed by atoms with E-state index < -0.39 is 29.6 Å². The quantitative estimate of drug-likeness (QED) is 0.533. The van der Waals surface area contributed by atoms with Crippen LogP contribution in [-0.4, -0.2) is 65.7 Å². The van der Waals surface area contributed by atoms with Crippen molar-refractivity contribution in [2.24, 2.45) is 11.8 Å². The van der Waals surface area contributed by atoms with Gasteiger partial charge in [0.25, 0.3) is 0 Å². The Kier molecular flexibility index (Phi) is 6.21. The SMILES string of the molecule is COc1ccc(NC(=O)C2N(CCCO)C(=O)[C@@H]3[C@H](C(=O)Nc4ccccc4)[C@@H]4CCC23O4)cc1. The summed E-state index contributed by atoms with van der Waals surface area (Å²) in [6.07, 6.45) is 1.01. The lowest BCUT2D eigenvalue weighted by atomic mass is 9.70. The minimum atomic E-state index is -1.08. The van der Waals surface area contributed by atoms with E-state index in [-0.39, 0.29) is 30.9 Å². The van der Waals surface area contributed by atoms with Gasteiger partial charge in [-0.25, -0.2) is 0 Å². The molecule has 0 saturated carbocycles. The van der Waals surface area contributed by atoms with E-state index in [1.165, 1.54) is 4.90 Å². The summed E-state index contributed by atoms with van der Waals surface area (Å²) in [7, 11) is 1.56. The maximum atomic E-state index is 13.7. The highest BCUT2D eigenvalue weighted by atomic mass is 16.5. The molecule has 3 saturated heterocycles. The van der Waals surface area contributed by atoms with Crippen LogP contribution in [0.2, 0.25) is 0 Å². The summed E-state index contributed by atoms with van der Waals surface area (Å²) >= 11 is 0. The number of likely N-dealkylation sites (tertiary alicyclic amines) is 1. The highest BCUT2D eigenvalue weighted by molar-refractivity contribution is 6.05. The number of benzene rings is 2. The number of aliphatic hydroxyl groups is 1. The van der Waals surface area contributed by atoms with Crippen molar-refractivity contribution in [2.45, 2.75) is 37.0 Å². The molecule has 2 aromatic rings. The first-order valence-corrected chi connectivity index (χ1v) is 11.9. The van der Waals surface area contributed by atoms with Gasteiger partial charge in [-0.3, -0.25) is 14.4 Å². The highest BCUT2D eigenvalue weighted by Crippen LogP contribution is 2.58. The van der Waals surface area contributed by atoms with Crippen LogP contribution in [0.15, 0.2) is 54.6 Å².